The molecule has 0 aromatic carbocycles. The smallest absolute Gasteiger partial charge is 0.0847 e. The van der Waals surface area contributed by atoms with Gasteiger partial charge in [0.2, 0.25) is 0 Å². The number of hydrogen-bond donors (Lipinski definition) is 1. The van der Waals surface area contributed by atoms with Crippen molar-refractivity contribution in [2.24, 2.45) is 0 Å². The van der Waals surface area contributed by atoms with E-state index in [1.54, 1.807) is 11.3 Å². The number of rotatable bonds is 3. The van der Waals surface area contributed by atoms with Crippen LogP contribution in [0, 0.1) is 0 Å². The zero-order valence-electron chi connectivity index (χ0n) is 10.7. The fourth-order valence-electron chi connectivity index (χ4n) is 3.48. The number of nitrogens with zero attached hydrogens (tertiary/aromatic N) is 2. The predicted molar refractivity (Wildman–Crippen MR) is 70.5 cm³/mol. The first-order chi connectivity index (χ1) is 8.73. The molecular weight excluding hydrogens is 248 g/mol. The fraction of sp³-hybridized carbons (Fsp3) is 0.769. The second-order valence-corrected chi connectivity index (χ2v) is 6.13. The first kappa shape index (κ1) is 12.5. The molecule has 2 fully saturated rings. The fourth-order valence-corrected chi connectivity index (χ4v) is 4.03. The van der Waals surface area contributed by atoms with Gasteiger partial charge in [0.15, 0.2) is 0 Å². The molecule has 0 spiro atoms. The second kappa shape index (κ2) is 4.89. The van der Waals surface area contributed by atoms with E-state index < -0.39 is 0 Å². The number of hydrogen-bond acceptors (Lipinski definition) is 5. The standard InChI is InChI=1S/C13H20N2O2S/c1-17-13-3-2-11(16)6-12(13)15(5-4-13)7-10-8-18-9-14-10/h8-9,11-12,16H,2-7H2,1H3/t11-,12-,13+/m0/s1. The Kier molecular flexibility index (Phi) is 3.40. The molecule has 0 unspecified atom stereocenters. The van der Waals surface area contributed by atoms with Crippen LogP contribution in [0.25, 0.3) is 0 Å². The minimum atomic E-state index is -0.172. The quantitative estimate of drug-likeness (QED) is 0.905. The van der Waals surface area contributed by atoms with Crippen molar-refractivity contribution in [2.75, 3.05) is 13.7 Å². The van der Waals surface area contributed by atoms with Gasteiger partial charge >= 0.3 is 0 Å². The van der Waals surface area contributed by atoms with Gasteiger partial charge in [-0.2, -0.15) is 0 Å². The second-order valence-electron chi connectivity index (χ2n) is 5.41. The summed E-state index contributed by atoms with van der Waals surface area (Å²) in [5.74, 6) is 0. The van der Waals surface area contributed by atoms with Crippen molar-refractivity contribution in [3.63, 3.8) is 0 Å². The van der Waals surface area contributed by atoms with E-state index in [4.69, 9.17) is 4.74 Å². The first-order valence-electron chi connectivity index (χ1n) is 6.58. The molecule has 3 rings (SSSR count). The molecule has 1 aliphatic heterocycles. The van der Waals surface area contributed by atoms with Crippen molar-refractivity contribution < 1.29 is 9.84 Å². The minimum Gasteiger partial charge on any atom is -0.393 e. The zero-order chi connectivity index (χ0) is 12.6. The van der Waals surface area contributed by atoms with E-state index in [0.29, 0.717) is 6.04 Å². The van der Waals surface area contributed by atoms with Gasteiger partial charge < -0.3 is 9.84 Å². The highest BCUT2D eigenvalue weighted by Gasteiger charge is 2.50. The minimum absolute atomic E-state index is 0.0325. The van der Waals surface area contributed by atoms with Crippen molar-refractivity contribution >= 4 is 11.3 Å². The lowest BCUT2D eigenvalue weighted by Gasteiger charge is -2.42. The lowest BCUT2D eigenvalue weighted by molar-refractivity contribution is -0.0880. The topological polar surface area (TPSA) is 45.6 Å². The molecule has 2 aliphatic rings. The van der Waals surface area contributed by atoms with E-state index in [0.717, 1.165) is 44.5 Å². The Morgan fingerprint density at radius 1 is 1.61 bits per heavy atom. The van der Waals surface area contributed by atoms with Crippen LogP contribution in [0.15, 0.2) is 10.9 Å². The molecule has 2 heterocycles. The largest absolute Gasteiger partial charge is 0.393 e. The summed E-state index contributed by atoms with van der Waals surface area (Å²) in [7, 11) is 1.82. The molecule has 1 aliphatic carbocycles. The molecule has 18 heavy (non-hydrogen) atoms. The van der Waals surface area contributed by atoms with Crippen molar-refractivity contribution in [3.05, 3.63) is 16.6 Å². The van der Waals surface area contributed by atoms with Crippen LogP contribution in [-0.2, 0) is 11.3 Å². The Balaban J connectivity index is 1.76. The van der Waals surface area contributed by atoms with E-state index in [1.807, 2.05) is 12.6 Å². The van der Waals surface area contributed by atoms with Gasteiger partial charge in [-0.05, 0) is 25.7 Å². The van der Waals surface area contributed by atoms with Crippen molar-refractivity contribution in [1.29, 1.82) is 0 Å². The summed E-state index contributed by atoms with van der Waals surface area (Å²) in [4.78, 5) is 6.79. The third kappa shape index (κ3) is 2.09. The predicted octanol–water partition coefficient (Wildman–Crippen LogP) is 1.65. The maximum atomic E-state index is 9.91. The molecule has 0 bridgehead atoms. The van der Waals surface area contributed by atoms with E-state index in [2.05, 4.69) is 15.3 Å². The number of thiazole rings is 1. The summed E-state index contributed by atoms with van der Waals surface area (Å²) in [6.45, 7) is 1.93. The van der Waals surface area contributed by atoms with Gasteiger partial charge in [0, 0.05) is 31.6 Å². The van der Waals surface area contributed by atoms with Crippen LogP contribution in [0.5, 0.6) is 0 Å². The Hall–Kier alpha value is -0.490. The van der Waals surface area contributed by atoms with Crippen molar-refractivity contribution in [3.8, 4) is 0 Å². The average molecular weight is 268 g/mol. The monoisotopic (exact) mass is 268 g/mol. The van der Waals surface area contributed by atoms with Crippen LogP contribution >= 0.6 is 11.3 Å². The average Bonchev–Trinajstić information content (AvgIpc) is 3.00. The molecule has 3 atom stereocenters. The Morgan fingerprint density at radius 2 is 2.50 bits per heavy atom. The lowest BCUT2D eigenvalue weighted by Crippen LogP contribution is -2.51. The van der Waals surface area contributed by atoms with Crippen LogP contribution in [0.2, 0.25) is 0 Å². The number of aromatic nitrogens is 1. The molecule has 1 saturated heterocycles. The zero-order valence-corrected chi connectivity index (χ0v) is 11.5. The Labute approximate surface area is 112 Å². The van der Waals surface area contributed by atoms with Gasteiger partial charge in [-0.3, -0.25) is 4.90 Å². The van der Waals surface area contributed by atoms with Gasteiger partial charge in [0.25, 0.3) is 0 Å². The SMILES string of the molecule is CO[C@@]12CC[C@H](O)C[C@@H]1N(Cc1cscn1)CC2. The van der Waals surface area contributed by atoms with Crippen LogP contribution in [0.1, 0.15) is 31.4 Å². The van der Waals surface area contributed by atoms with Gasteiger partial charge in [-0.25, -0.2) is 4.98 Å². The highest BCUT2D eigenvalue weighted by molar-refractivity contribution is 7.07. The third-order valence-corrected chi connectivity index (χ3v) is 5.16. The molecular formula is C13H20N2O2S. The molecule has 0 radical (unpaired) electrons. The molecule has 1 saturated carbocycles. The summed E-state index contributed by atoms with van der Waals surface area (Å²) in [6.07, 6.45) is 3.58. The third-order valence-electron chi connectivity index (χ3n) is 4.52. The van der Waals surface area contributed by atoms with Gasteiger partial charge in [-0.15, -0.1) is 11.3 Å². The van der Waals surface area contributed by atoms with E-state index >= 15 is 0 Å². The molecule has 5 heteroatoms. The van der Waals surface area contributed by atoms with Gasteiger partial charge in [0.05, 0.1) is 22.9 Å². The molecule has 100 valence electrons. The number of aliphatic hydroxyl groups is 1. The highest BCUT2D eigenvalue weighted by Crippen LogP contribution is 2.42. The summed E-state index contributed by atoms with van der Waals surface area (Å²) in [5.41, 5.74) is 2.98. The van der Waals surface area contributed by atoms with Crippen LogP contribution in [0.3, 0.4) is 0 Å². The first-order valence-corrected chi connectivity index (χ1v) is 7.52. The highest BCUT2D eigenvalue weighted by atomic mass is 32.1. The lowest BCUT2D eigenvalue weighted by atomic mass is 9.79. The molecule has 0 amide bonds. The van der Waals surface area contributed by atoms with E-state index in [-0.39, 0.29) is 11.7 Å². The van der Waals surface area contributed by atoms with Gasteiger partial charge in [0.1, 0.15) is 0 Å². The maximum Gasteiger partial charge on any atom is 0.0847 e. The van der Waals surface area contributed by atoms with Crippen molar-refractivity contribution in [1.82, 2.24) is 9.88 Å². The maximum absolute atomic E-state index is 9.91. The number of likely N-dealkylation sites (tertiary alicyclic amines) is 1. The molecule has 4 nitrogen and oxygen atoms in total. The Morgan fingerprint density at radius 3 is 3.22 bits per heavy atom. The van der Waals surface area contributed by atoms with E-state index in [1.165, 1.54) is 0 Å². The number of aliphatic hydroxyl groups excluding tert-OH is 1. The van der Waals surface area contributed by atoms with Gasteiger partial charge in [-0.1, -0.05) is 0 Å². The number of methoxy groups -OCH3 is 1. The summed E-state index contributed by atoms with van der Waals surface area (Å²) in [5, 5.41) is 12.0. The van der Waals surface area contributed by atoms with Crippen LogP contribution in [0.4, 0.5) is 0 Å². The number of fused-ring (bicyclic) bond motifs is 1. The Bertz CT molecular complexity index is 398. The van der Waals surface area contributed by atoms with Crippen LogP contribution < -0.4 is 0 Å². The van der Waals surface area contributed by atoms with Crippen LogP contribution in [-0.4, -0.2) is 46.4 Å². The van der Waals surface area contributed by atoms with Crippen molar-refractivity contribution in [2.45, 2.75) is 50.0 Å². The molecule has 1 aromatic rings. The normalized spacial score (nSPS) is 36.8. The molecule has 1 aromatic heterocycles. The summed E-state index contributed by atoms with van der Waals surface area (Å²) >= 11 is 1.64. The summed E-state index contributed by atoms with van der Waals surface area (Å²) < 4.78 is 5.83. The number of ether oxygens (including phenoxy) is 1. The van der Waals surface area contributed by atoms with E-state index in [9.17, 15) is 5.11 Å². The molecule has 1 N–H and O–H groups in total. The summed E-state index contributed by atoms with van der Waals surface area (Å²) in [6, 6.07) is 0.341.